The molecule has 2 atom stereocenters. The molecule has 0 amide bonds. The summed E-state index contributed by atoms with van der Waals surface area (Å²) in [7, 11) is 0. The Morgan fingerprint density at radius 3 is 2.95 bits per heavy atom. The van der Waals surface area contributed by atoms with Gasteiger partial charge in [0.2, 0.25) is 0 Å². The highest BCUT2D eigenvalue weighted by Gasteiger charge is 2.17. The minimum absolute atomic E-state index is 0.458. The highest BCUT2D eigenvalue weighted by molar-refractivity contribution is 7.99. The minimum Gasteiger partial charge on any atom is -0.493 e. The standard InChI is InChI=1S/C17H27NOS/c1-4-9-18-16(12-20-13(3)5-2)14-6-7-17-15(11-14)8-10-19-17/h6-7,11,13,16,18H,4-5,8-10,12H2,1-3H3. The van der Waals surface area contributed by atoms with Gasteiger partial charge in [-0.25, -0.2) is 0 Å². The van der Waals surface area contributed by atoms with Crippen LogP contribution >= 0.6 is 11.8 Å². The Bertz CT molecular complexity index is 421. The zero-order valence-corrected chi connectivity index (χ0v) is 13.8. The molecular weight excluding hydrogens is 266 g/mol. The van der Waals surface area contributed by atoms with Crippen LogP contribution in [0, 0.1) is 0 Å². The molecule has 112 valence electrons. The molecule has 1 N–H and O–H groups in total. The average molecular weight is 293 g/mol. The van der Waals surface area contributed by atoms with Gasteiger partial charge in [-0.1, -0.05) is 32.9 Å². The topological polar surface area (TPSA) is 21.3 Å². The summed E-state index contributed by atoms with van der Waals surface area (Å²) in [4.78, 5) is 0. The van der Waals surface area contributed by atoms with Gasteiger partial charge in [0, 0.05) is 23.5 Å². The van der Waals surface area contributed by atoms with Crippen LogP contribution in [0.2, 0.25) is 0 Å². The van der Waals surface area contributed by atoms with Gasteiger partial charge >= 0.3 is 0 Å². The van der Waals surface area contributed by atoms with Gasteiger partial charge in [0.05, 0.1) is 6.61 Å². The van der Waals surface area contributed by atoms with Crippen molar-refractivity contribution >= 4 is 11.8 Å². The highest BCUT2D eigenvalue weighted by atomic mass is 32.2. The Morgan fingerprint density at radius 2 is 2.20 bits per heavy atom. The number of rotatable bonds is 8. The minimum atomic E-state index is 0.458. The van der Waals surface area contributed by atoms with Crippen LogP contribution in [0.15, 0.2) is 18.2 Å². The van der Waals surface area contributed by atoms with Crippen molar-refractivity contribution in [3.05, 3.63) is 29.3 Å². The lowest BCUT2D eigenvalue weighted by molar-refractivity contribution is 0.356. The molecule has 2 unspecified atom stereocenters. The van der Waals surface area contributed by atoms with Gasteiger partial charge in [-0.15, -0.1) is 0 Å². The monoisotopic (exact) mass is 293 g/mol. The van der Waals surface area contributed by atoms with E-state index < -0.39 is 0 Å². The summed E-state index contributed by atoms with van der Waals surface area (Å²) < 4.78 is 5.60. The lowest BCUT2D eigenvalue weighted by Gasteiger charge is -2.21. The van der Waals surface area contributed by atoms with E-state index in [1.165, 1.54) is 24.0 Å². The molecule has 0 fully saturated rings. The Labute approximate surface area is 127 Å². The smallest absolute Gasteiger partial charge is 0.122 e. The Morgan fingerprint density at radius 1 is 1.35 bits per heavy atom. The number of ether oxygens (including phenoxy) is 1. The van der Waals surface area contributed by atoms with E-state index >= 15 is 0 Å². The molecule has 1 heterocycles. The molecule has 1 aromatic rings. The van der Waals surface area contributed by atoms with E-state index in [0.717, 1.165) is 36.3 Å². The average Bonchev–Trinajstić information content (AvgIpc) is 2.94. The first kappa shape index (κ1) is 15.7. The Hall–Kier alpha value is -0.670. The van der Waals surface area contributed by atoms with Crippen molar-refractivity contribution in [3.8, 4) is 5.75 Å². The van der Waals surface area contributed by atoms with Crippen LogP contribution in [0.4, 0.5) is 0 Å². The van der Waals surface area contributed by atoms with Crippen molar-refractivity contribution in [3.63, 3.8) is 0 Å². The molecule has 1 aliphatic rings. The van der Waals surface area contributed by atoms with Gasteiger partial charge < -0.3 is 10.1 Å². The molecular formula is C17H27NOS. The maximum absolute atomic E-state index is 5.60. The maximum Gasteiger partial charge on any atom is 0.122 e. The van der Waals surface area contributed by atoms with Gasteiger partial charge in [0.25, 0.3) is 0 Å². The molecule has 0 bridgehead atoms. The predicted molar refractivity (Wildman–Crippen MR) is 88.9 cm³/mol. The quantitative estimate of drug-likeness (QED) is 0.776. The normalized spacial score (nSPS) is 16.6. The van der Waals surface area contributed by atoms with E-state index in [1.54, 1.807) is 0 Å². The zero-order valence-electron chi connectivity index (χ0n) is 12.9. The molecule has 20 heavy (non-hydrogen) atoms. The predicted octanol–water partition coefficient (Wildman–Crippen LogP) is 4.19. The van der Waals surface area contributed by atoms with Crippen molar-refractivity contribution in [2.75, 3.05) is 18.9 Å². The second kappa shape index (κ2) is 7.94. The van der Waals surface area contributed by atoms with Crippen LogP contribution in [0.1, 0.15) is 50.8 Å². The number of hydrogen-bond acceptors (Lipinski definition) is 3. The number of nitrogens with one attached hydrogen (secondary N) is 1. The molecule has 2 rings (SSSR count). The molecule has 2 nitrogen and oxygen atoms in total. The van der Waals surface area contributed by atoms with E-state index in [0.29, 0.717) is 6.04 Å². The van der Waals surface area contributed by atoms with Gasteiger partial charge in [-0.3, -0.25) is 0 Å². The van der Waals surface area contributed by atoms with Gasteiger partial charge in [-0.05, 0) is 36.6 Å². The first-order valence-electron chi connectivity index (χ1n) is 7.85. The van der Waals surface area contributed by atoms with Crippen molar-refractivity contribution < 1.29 is 4.74 Å². The molecule has 0 aliphatic carbocycles. The van der Waals surface area contributed by atoms with Gasteiger partial charge in [0.15, 0.2) is 0 Å². The summed E-state index contributed by atoms with van der Waals surface area (Å²) in [6.07, 6.45) is 3.48. The summed E-state index contributed by atoms with van der Waals surface area (Å²) >= 11 is 2.07. The van der Waals surface area contributed by atoms with Crippen LogP contribution < -0.4 is 10.1 Å². The first-order chi connectivity index (χ1) is 9.74. The molecule has 0 spiro atoms. The molecule has 1 aromatic carbocycles. The van der Waals surface area contributed by atoms with Crippen molar-refractivity contribution in [2.24, 2.45) is 0 Å². The van der Waals surface area contributed by atoms with Crippen LogP contribution in [-0.2, 0) is 6.42 Å². The van der Waals surface area contributed by atoms with Gasteiger partial charge in [-0.2, -0.15) is 11.8 Å². The van der Waals surface area contributed by atoms with E-state index in [1.807, 2.05) is 0 Å². The third-order valence-electron chi connectivity index (χ3n) is 3.88. The van der Waals surface area contributed by atoms with Crippen LogP contribution in [0.3, 0.4) is 0 Å². The SMILES string of the molecule is CCCNC(CSC(C)CC)c1ccc2c(c1)CCO2. The Balaban J connectivity index is 2.04. The van der Waals surface area contributed by atoms with Crippen molar-refractivity contribution in [1.82, 2.24) is 5.32 Å². The number of hydrogen-bond donors (Lipinski definition) is 1. The van der Waals surface area contributed by atoms with Crippen LogP contribution in [-0.4, -0.2) is 24.2 Å². The Kier molecular flexibility index (Phi) is 6.24. The van der Waals surface area contributed by atoms with E-state index in [2.05, 4.69) is 56.0 Å². The molecule has 3 heteroatoms. The van der Waals surface area contributed by atoms with Crippen molar-refractivity contribution in [2.45, 2.75) is 51.3 Å². The lowest BCUT2D eigenvalue weighted by Crippen LogP contribution is -2.24. The second-order valence-electron chi connectivity index (χ2n) is 5.52. The maximum atomic E-state index is 5.60. The van der Waals surface area contributed by atoms with Gasteiger partial charge in [0.1, 0.15) is 5.75 Å². The number of fused-ring (bicyclic) bond motifs is 1. The fourth-order valence-corrected chi connectivity index (χ4v) is 3.46. The molecule has 1 aliphatic heterocycles. The summed E-state index contributed by atoms with van der Waals surface area (Å²) in [5.41, 5.74) is 2.79. The summed E-state index contributed by atoms with van der Waals surface area (Å²) in [5.74, 6) is 2.23. The largest absolute Gasteiger partial charge is 0.493 e. The molecule has 0 radical (unpaired) electrons. The second-order valence-corrected chi connectivity index (χ2v) is 7.00. The summed E-state index contributed by atoms with van der Waals surface area (Å²) in [5, 5.41) is 4.43. The zero-order chi connectivity index (χ0) is 14.4. The third-order valence-corrected chi connectivity index (χ3v) is 5.31. The fourth-order valence-electron chi connectivity index (χ4n) is 2.39. The molecule has 0 saturated carbocycles. The number of thioether (sulfide) groups is 1. The fraction of sp³-hybridized carbons (Fsp3) is 0.647. The molecule has 0 aromatic heterocycles. The third kappa shape index (κ3) is 4.16. The van der Waals surface area contributed by atoms with Crippen LogP contribution in [0.5, 0.6) is 5.75 Å². The van der Waals surface area contributed by atoms with E-state index in [4.69, 9.17) is 4.74 Å². The highest BCUT2D eigenvalue weighted by Crippen LogP contribution is 2.30. The van der Waals surface area contributed by atoms with Crippen molar-refractivity contribution in [1.29, 1.82) is 0 Å². The summed E-state index contributed by atoms with van der Waals surface area (Å²) in [6.45, 7) is 8.73. The number of benzene rings is 1. The molecule has 0 saturated heterocycles. The summed E-state index contributed by atoms with van der Waals surface area (Å²) in [6, 6.07) is 7.17. The first-order valence-corrected chi connectivity index (χ1v) is 8.90. The lowest BCUT2D eigenvalue weighted by atomic mass is 10.0. The van der Waals surface area contributed by atoms with Crippen LogP contribution in [0.25, 0.3) is 0 Å². The van der Waals surface area contributed by atoms with E-state index in [9.17, 15) is 0 Å². The van der Waals surface area contributed by atoms with E-state index in [-0.39, 0.29) is 0 Å².